The van der Waals surface area contributed by atoms with E-state index in [2.05, 4.69) is 10.3 Å². The van der Waals surface area contributed by atoms with Crippen molar-refractivity contribution in [2.75, 3.05) is 20.8 Å². The molecule has 0 aliphatic carbocycles. The van der Waals surface area contributed by atoms with Crippen molar-refractivity contribution in [1.29, 1.82) is 0 Å². The van der Waals surface area contributed by atoms with Crippen molar-refractivity contribution >= 4 is 17.0 Å². The van der Waals surface area contributed by atoms with Crippen LogP contribution in [0.25, 0.3) is 11.1 Å². The standard InChI is InChI=1S/C21H25N3O5/c1-13-14(2)29-20-19(13)21(26)24(12-23-20)10-8-18(25)22-9-7-15-5-6-16(27-3)17(11-15)28-4/h5-6,11-12H,7-10H2,1-4H3,(H,22,25). The van der Waals surface area contributed by atoms with E-state index in [1.165, 1.54) is 10.9 Å². The molecular formula is C21H25N3O5. The highest BCUT2D eigenvalue weighted by Gasteiger charge is 2.14. The van der Waals surface area contributed by atoms with Gasteiger partial charge in [-0.1, -0.05) is 6.07 Å². The molecule has 0 aliphatic heterocycles. The van der Waals surface area contributed by atoms with Crippen LogP contribution in [0.15, 0.2) is 33.7 Å². The molecular weight excluding hydrogens is 374 g/mol. The number of nitrogens with zero attached hydrogens (tertiary/aromatic N) is 2. The molecule has 0 saturated heterocycles. The molecule has 0 atom stereocenters. The fraction of sp³-hybridized carbons (Fsp3) is 0.381. The van der Waals surface area contributed by atoms with Crippen molar-refractivity contribution in [2.24, 2.45) is 0 Å². The molecule has 29 heavy (non-hydrogen) atoms. The van der Waals surface area contributed by atoms with Crippen molar-refractivity contribution in [1.82, 2.24) is 14.9 Å². The quantitative estimate of drug-likeness (QED) is 0.625. The fourth-order valence-corrected chi connectivity index (χ4v) is 3.12. The van der Waals surface area contributed by atoms with Gasteiger partial charge in [0.05, 0.1) is 14.2 Å². The normalized spacial score (nSPS) is 10.9. The summed E-state index contributed by atoms with van der Waals surface area (Å²) in [6.07, 6.45) is 2.27. The molecule has 0 spiro atoms. The Labute approximate surface area is 168 Å². The molecule has 8 heteroatoms. The number of fused-ring (bicyclic) bond motifs is 1. The van der Waals surface area contributed by atoms with E-state index < -0.39 is 0 Å². The fourth-order valence-electron chi connectivity index (χ4n) is 3.12. The number of aryl methyl sites for hydroxylation is 3. The molecule has 1 amide bonds. The summed E-state index contributed by atoms with van der Waals surface area (Å²) in [6, 6.07) is 5.66. The maximum atomic E-state index is 12.6. The zero-order chi connectivity index (χ0) is 21.0. The molecule has 0 unspecified atom stereocenters. The van der Waals surface area contributed by atoms with Gasteiger partial charge in [0.1, 0.15) is 17.5 Å². The number of carbonyl (C=O) groups excluding carboxylic acids is 1. The highest BCUT2D eigenvalue weighted by molar-refractivity contribution is 5.77. The average molecular weight is 399 g/mol. The van der Waals surface area contributed by atoms with Gasteiger partial charge in [-0.25, -0.2) is 4.98 Å². The van der Waals surface area contributed by atoms with Crippen LogP contribution in [0.5, 0.6) is 11.5 Å². The van der Waals surface area contributed by atoms with Gasteiger partial charge in [0.15, 0.2) is 11.5 Å². The number of furan rings is 1. The van der Waals surface area contributed by atoms with Crippen LogP contribution in [0.3, 0.4) is 0 Å². The lowest BCUT2D eigenvalue weighted by molar-refractivity contribution is -0.121. The van der Waals surface area contributed by atoms with Crippen LogP contribution < -0.4 is 20.3 Å². The molecule has 3 aromatic rings. The topological polar surface area (TPSA) is 95.6 Å². The van der Waals surface area contributed by atoms with E-state index in [0.717, 1.165) is 11.1 Å². The first-order valence-corrected chi connectivity index (χ1v) is 9.37. The van der Waals surface area contributed by atoms with Gasteiger partial charge < -0.3 is 19.2 Å². The second-order valence-corrected chi connectivity index (χ2v) is 6.75. The first kappa shape index (κ1) is 20.4. The molecule has 0 radical (unpaired) electrons. The average Bonchev–Trinajstić information content (AvgIpc) is 3.01. The van der Waals surface area contributed by atoms with Gasteiger partial charge >= 0.3 is 0 Å². The number of nitrogens with one attached hydrogen (secondary N) is 1. The molecule has 3 rings (SSSR count). The number of methoxy groups -OCH3 is 2. The van der Waals surface area contributed by atoms with Gasteiger partial charge in [0.2, 0.25) is 11.6 Å². The predicted octanol–water partition coefficient (Wildman–Crippen LogP) is 2.37. The van der Waals surface area contributed by atoms with Crippen molar-refractivity contribution < 1.29 is 18.7 Å². The summed E-state index contributed by atoms with van der Waals surface area (Å²) in [5, 5.41) is 3.35. The summed E-state index contributed by atoms with van der Waals surface area (Å²) in [5.41, 5.74) is 1.95. The zero-order valence-corrected chi connectivity index (χ0v) is 17.1. The second kappa shape index (κ2) is 8.81. The minimum Gasteiger partial charge on any atom is -0.493 e. The van der Waals surface area contributed by atoms with Crippen LogP contribution in [-0.4, -0.2) is 36.2 Å². The van der Waals surface area contributed by atoms with Crippen molar-refractivity contribution in [3.8, 4) is 11.5 Å². The number of rotatable bonds is 8. The maximum absolute atomic E-state index is 12.6. The number of ether oxygens (including phenoxy) is 2. The Bertz CT molecular complexity index is 1080. The molecule has 0 fully saturated rings. The largest absolute Gasteiger partial charge is 0.493 e. The third-order valence-corrected chi connectivity index (χ3v) is 4.92. The van der Waals surface area contributed by atoms with E-state index in [1.807, 2.05) is 25.1 Å². The van der Waals surface area contributed by atoms with Crippen LogP contribution in [0.1, 0.15) is 23.3 Å². The molecule has 1 aromatic carbocycles. The van der Waals surface area contributed by atoms with E-state index in [9.17, 15) is 9.59 Å². The number of hydrogen-bond acceptors (Lipinski definition) is 6. The first-order valence-electron chi connectivity index (χ1n) is 9.37. The number of amides is 1. The monoisotopic (exact) mass is 399 g/mol. The minimum absolute atomic E-state index is 0.127. The van der Waals surface area contributed by atoms with Crippen LogP contribution in [0.2, 0.25) is 0 Å². The Morgan fingerprint density at radius 2 is 1.97 bits per heavy atom. The van der Waals surface area contributed by atoms with E-state index in [-0.39, 0.29) is 24.4 Å². The SMILES string of the molecule is COc1ccc(CCNC(=O)CCn2cnc3oc(C)c(C)c3c2=O)cc1OC. The molecule has 2 aromatic heterocycles. The van der Waals surface area contributed by atoms with Gasteiger partial charge in [0, 0.05) is 25.1 Å². The molecule has 154 valence electrons. The molecule has 2 heterocycles. The summed E-state index contributed by atoms with van der Waals surface area (Å²) in [5.74, 6) is 1.87. The second-order valence-electron chi connectivity index (χ2n) is 6.75. The molecule has 0 saturated carbocycles. The maximum Gasteiger partial charge on any atom is 0.264 e. The molecule has 0 bridgehead atoms. The molecule has 8 nitrogen and oxygen atoms in total. The Balaban J connectivity index is 1.54. The number of aromatic nitrogens is 2. The Morgan fingerprint density at radius 1 is 1.21 bits per heavy atom. The van der Waals surface area contributed by atoms with Crippen molar-refractivity contribution in [3.05, 3.63) is 51.8 Å². The van der Waals surface area contributed by atoms with E-state index in [0.29, 0.717) is 41.3 Å². The van der Waals surface area contributed by atoms with Gasteiger partial charge in [0.25, 0.3) is 5.56 Å². The Kier molecular flexibility index (Phi) is 6.21. The van der Waals surface area contributed by atoms with Crippen LogP contribution >= 0.6 is 0 Å². The number of benzene rings is 1. The van der Waals surface area contributed by atoms with E-state index in [4.69, 9.17) is 13.9 Å². The summed E-state index contributed by atoms with van der Waals surface area (Å²) >= 11 is 0. The lowest BCUT2D eigenvalue weighted by Crippen LogP contribution is -2.29. The molecule has 0 aliphatic rings. The van der Waals surface area contributed by atoms with Crippen LogP contribution in [0, 0.1) is 13.8 Å². The third kappa shape index (κ3) is 4.42. The van der Waals surface area contributed by atoms with Gasteiger partial charge in [-0.15, -0.1) is 0 Å². The van der Waals surface area contributed by atoms with Crippen LogP contribution in [-0.2, 0) is 17.8 Å². The first-order chi connectivity index (χ1) is 13.9. The highest BCUT2D eigenvalue weighted by atomic mass is 16.5. The minimum atomic E-state index is -0.192. The predicted molar refractivity (Wildman–Crippen MR) is 109 cm³/mol. The van der Waals surface area contributed by atoms with Gasteiger partial charge in [-0.05, 0) is 38.0 Å². The summed E-state index contributed by atoms with van der Waals surface area (Å²) < 4.78 is 17.4. The Morgan fingerprint density at radius 3 is 2.69 bits per heavy atom. The lowest BCUT2D eigenvalue weighted by atomic mass is 10.1. The van der Waals surface area contributed by atoms with E-state index in [1.54, 1.807) is 21.1 Å². The Hall–Kier alpha value is -3.29. The zero-order valence-electron chi connectivity index (χ0n) is 17.1. The molecule has 1 N–H and O–H groups in total. The summed E-state index contributed by atoms with van der Waals surface area (Å²) in [6.45, 7) is 4.37. The highest BCUT2D eigenvalue weighted by Crippen LogP contribution is 2.27. The van der Waals surface area contributed by atoms with Crippen molar-refractivity contribution in [3.63, 3.8) is 0 Å². The lowest BCUT2D eigenvalue weighted by Gasteiger charge is -2.10. The number of carbonyl (C=O) groups is 1. The summed E-state index contributed by atoms with van der Waals surface area (Å²) in [7, 11) is 3.18. The summed E-state index contributed by atoms with van der Waals surface area (Å²) in [4.78, 5) is 28.9. The number of hydrogen-bond donors (Lipinski definition) is 1. The van der Waals surface area contributed by atoms with Crippen LogP contribution in [0.4, 0.5) is 0 Å². The van der Waals surface area contributed by atoms with Gasteiger partial charge in [-0.3, -0.25) is 14.2 Å². The van der Waals surface area contributed by atoms with Crippen molar-refractivity contribution in [2.45, 2.75) is 33.2 Å². The van der Waals surface area contributed by atoms with E-state index >= 15 is 0 Å². The third-order valence-electron chi connectivity index (χ3n) is 4.92. The van der Waals surface area contributed by atoms with Gasteiger partial charge in [-0.2, -0.15) is 0 Å². The smallest absolute Gasteiger partial charge is 0.264 e.